The number of aryl methyl sites for hydroxylation is 1. The lowest BCUT2D eigenvalue weighted by Gasteiger charge is -2.07. The molecule has 20 heavy (non-hydrogen) atoms. The molecule has 106 valence electrons. The summed E-state index contributed by atoms with van der Waals surface area (Å²) in [5, 5.41) is 6.51. The molecule has 0 atom stereocenters. The number of hydrogen-bond acceptors (Lipinski definition) is 2. The van der Waals surface area contributed by atoms with E-state index >= 15 is 0 Å². The zero-order chi connectivity index (χ0) is 14.9. The van der Waals surface area contributed by atoms with Crippen LogP contribution in [0.4, 0.5) is 8.78 Å². The van der Waals surface area contributed by atoms with Gasteiger partial charge in [0.2, 0.25) is 0 Å². The fraction of sp³-hybridized carbons (Fsp3) is 0.231. The maximum absolute atomic E-state index is 13.6. The second-order valence-corrected chi connectivity index (χ2v) is 5.22. The lowest BCUT2D eigenvalue weighted by molar-refractivity contribution is 0.0942. The fourth-order valence-electron chi connectivity index (χ4n) is 1.74. The molecule has 0 spiro atoms. The topological polar surface area (TPSA) is 46.9 Å². The van der Waals surface area contributed by atoms with Crippen LogP contribution in [0.25, 0.3) is 0 Å². The van der Waals surface area contributed by atoms with Gasteiger partial charge in [0.15, 0.2) is 0 Å². The summed E-state index contributed by atoms with van der Waals surface area (Å²) in [4.78, 5) is 11.9. The minimum Gasteiger partial charge on any atom is -0.348 e. The number of halogens is 3. The summed E-state index contributed by atoms with van der Waals surface area (Å²) in [6, 6.07) is 2.10. The molecule has 0 radical (unpaired) electrons. The molecule has 1 aromatic carbocycles. The minimum absolute atomic E-state index is 0.160. The van der Waals surface area contributed by atoms with E-state index in [1.54, 1.807) is 17.9 Å². The first-order chi connectivity index (χ1) is 9.40. The lowest BCUT2D eigenvalue weighted by atomic mass is 10.1. The van der Waals surface area contributed by atoms with Crippen LogP contribution in [-0.4, -0.2) is 15.7 Å². The molecule has 0 aliphatic carbocycles. The molecule has 0 fully saturated rings. The molecule has 1 amide bonds. The molecule has 1 heterocycles. The second-order valence-electron chi connectivity index (χ2n) is 4.31. The quantitative estimate of drug-likeness (QED) is 0.931. The molecule has 7 heteroatoms. The predicted octanol–water partition coefficient (Wildman–Crippen LogP) is 2.70. The van der Waals surface area contributed by atoms with Crippen molar-refractivity contribution in [1.29, 1.82) is 0 Å². The predicted molar refractivity (Wildman–Crippen MR) is 73.2 cm³/mol. The van der Waals surface area contributed by atoms with Crippen molar-refractivity contribution in [2.45, 2.75) is 13.5 Å². The van der Waals surface area contributed by atoms with E-state index < -0.39 is 23.1 Å². The van der Waals surface area contributed by atoms with Gasteiger partial charge in [-0.1, -0.05) is 15.9 Å². The smallest absolute Gasteiger partial charge is 0.257 e. The Morgan fingerprint density at radius 2 is 2.00 bits per heavy atom. The van der Waals surface area contributed by atoms with Crippen LogP contribution in [0.15, 0.2) is 22.8 Å². The summed E-state index contributed by atoms with van der Waals surface area (Å²) >= 11 is 2.96. The molecule has 4 nitrogen and oxygen atoms in total. The first-order valence-corrected chi connectivity index (χ1v) is 6.59. The van der Waals surface area contributed by atoms with Gasteiger partial charge in [-0.3, -0.25) is 9.48 Å². The Morgan fingerprint density at radius 1 is 1.40 bits per heavy atom. The molecule has 2 aromatic rings. The third kappa shape index (κ3) is 2.87. The van der Waals surface area contributed by atoms with Crippen molar-refractivity contribution in [2.24, 2.45) is 7.05 Å². The monoisotopic (exact) mass is 343 g/mol. The van der Waals surface area contributed by atoms with Crippen LogP contribution in [0.5, 0.6) is 0 Å². The van der Waals surface area contributed by atoms with Crippen molar-refractivity contribution in [3.8, 4) is 0 Å². The standard InChI is InChI=1S/C13H12BrF2N3O/c1-7-8(6-18-19(7)2)5-17-13(20)12-10(15)3-9(14)4-11(12)16/h3-4,6H,5H2,1-2H3,(H,17,20). The highest BCUT2D eigenvalue weighted by Gasteiger charge is 2.18. The minimum atomic E-state index is -0.905. The van der Waals surface area contributed by atoms with Crippen molar-refractivity contribution in [1.82, 2.24) is 15.1 Å². The number of carbonyl (C=O) groups is 1. The Bertz CT molecular complexity index is 647. The Labute approximate surface area is 122 Å². The van der Waals surface area contributed by atoms with Crippen LogP contribution in [0.2, 0.25) is 0 Å². The van der Waals surface area contributed by atoms with E-state index in [1.165, 1.54) is 0 Å². The molecule has 0 bridgehead atoms. The molecule has 0 aliphatic heterocycles. The van der Waals surface area contributed by atoms with E-state index in [0.717, 1.165) is 23.4 Å². The molecule has 0 saturated heterocycles. The second kappa shape index (κ2) is 5.70. The van der Waals surface area contributed by atoms with Crippen molar-refractivity contribution in [2.75, 3.05) is 0 Å². The highest BCUT2D eigenvalue weighted by molar-refractivity contribution is 9.10. The number of carbonyl (C=O) groups excluding carboxylic acids is 1. The Balaban J connectivity index is 2.15. The zero-order valence-corrected chi connectivity index (χ0v) is 12.5. The van der Waals surface area contributed by atoms with Crippen LogP contribution in [0.1, 0.15) is 21.6 Å². The first kappa shape index (κ1) is 14.6. The molecule has 0 aliphatic rings. The number of nitrogens with zero attached hydrogens (tertiary/aromatic N) is 2. The van der Waals surface area contributed by atoms with E-state index in [4.69, 9.17) is 0 Å². The maximum atomic E-state index is 13.6. The summed E-state index contributed by atoms with van der Waals surface area (Å²) in [6.45, 7) is 2.00. The third-order valence-electron chi connectivity index (χ3n) is 3.01. The molecular weight excluding hydrogens is 332 g/mol. The van der Waals surface area contributed by atoms with Gasteiger partial charge in [0.25, 0.3) is 5.91 Å². The van der Waals surface area contributed by atoms with Crippen LogP contribution >= 0.6 is 15.9 Å². The normalized spacial score (nSPS) is 10.7. The maximum Gasteiger partial charge on any atom is 0.257 e. The summed E-state index contributed by atoms with van der Waals surface area (Å²) in [6.07, 6.45) is 1.60. The summed E-state index contributed by atoms with van der Waals surface area (Å²) < 4.78 is 29.1. The largest absolute Gasteiger partial charge is 0.348 e. The Hall–Kier alpha value is -1.76. The summed E-state index contributed by atoms with van der Waals surface area (Å²) in [5.74, 6) is -2.61. The van der Waals surface area contributed by atoms with Crippen LogP contribution in [0, 0.1) is 18.6 Å². The fourth-order valence-corrected chi connectivity index (χ4v) is 2.14. The molecule has 2 rings (SSSR count). The highest BCUT2D eigenvalue weighted by Crippen LogP contribution is 2.19. The molecule has 0 saturated carbocycles. The summed E-state index contributed by atoms with van der Waals surface area (Å²) in [7, 11) is 1.77. The number of nitrogens with one attached hydrogen (secondary N) is 1. The highest BCUT2D eigenvalue weighted by atomic mass is 79.9. The van der Waals surface area contributed by atoms with Crippen molar-refractivity contribution in [3.05, 3.63) is 51.3 Å². The van der Waals surface area contributed by atoms with E-state index in [0.29, 0.717) is 0 Å². The van der Waals surface area contributed by atoms with Crippen molar-refractivity contribution >= 4 is 21.8 Å². The Kier molecular flexibility index (Phi) is 4.17. The van der Waals surface area contributed by atoms with Gasteiger partial charge < -0.3 is 5.32 Å². The van der Waals surface area contributed by atoms with E-state index in [1.807, 2.05) is 6.92 Å². The van der Waals surface area contributed by atoms with Gasteiger partial charge in [-0.2, -0.15) is 5.10 Å². The lowest BCUT2D eigenvalue weighted by Crippen LogP contribution is -2.25. The molecule has 0 unspecified atom stereocenters. The van der Waals surface area contributed by atoms with Crippen molar-refractivity contribution in [3.63, 3.8) is 0 Å². The van der Waals surface area contributed by atoms with E-state index in [9.17, 15) is 13.6 Å². The SMILES string of the molecule is Cc1c(CNC(=O)c2c(F)cc(Br)cc2F)cnn1C. The van der Waals surface area contributed by atoms with E-state index in [-0.39, 0.29) is 11.0 Å². The average Bonchev–Trinajstić information content (AvgIpc) is 2.66. The van der Waals surface area contributed by atoms with Crippen LogP contribution in [-0.2, 0) is 13.6 Å². The van der Waals surface area contributed by atoms with Gasteiger partial charge in [-0.15, -0.1) is 0 Å². The third-order valence-corrected chi connectivity index (χ3v) is 3.47. The Morgan fingerprint density at radius 3 is 2.50 bits per heavy atom. The van der Waals surface area contributed by atoms with Gasteiger partial charge in [0.05, 0.1) is 6.20 Å². The molecular formula is C13H12BrF2N3O. The molecule has 1 N–H and O–H groups in total. The number of benzene rings is 1. The molecule has 1 aromatic heterocycles. The average molecular weight is 344 g/mol. The zero-order valence-electron chi connectivity index (χ0n) is 10.9. The van der Waals surface area contributed by atoms with Crippen LogP contribution in [0.3, 0.4) is 0 Å². The number of amides is 1. The van der Waals surface area contributed by atoms with Gasteiger partial charge in [-0.05, 0) is 19.1 Å². The van der Waals surface area contributed by atoms with Crippen molar-refractivity contribution < 1.29 is 13.6 Å². The van der Waals surface area contributed by atoms with Crippen LogP contribution < -0.4 is 5.32 Å². The van der Waals surface area contributed by atoms with Gasteiger partial charge in [0.1, 0.15) is 17.2 Å². The number of rotatable bonds is 3. The number of hydrogen-bond donors (Lipinski definition) is 1. The number of aromatic nitrogens is 2. The van der Waals surface area contributed by atoms with Gasteiger partial charge in [0, 0.05) is 29.3 Å². The van der Waals surface area contributed by atoms with Gasteiger partial charge >= 0.3 is 0 Å². The summed E-state index contributed by atoms with van der Waals surface area (Å²) in [5.41, 5.74) is 1.08. The van der Waals surface area contributed by atoms with E-state index in [2.05, 4.69) is 26.3 Å². The first-order valence-electron chi connectivity index (χ1n) is 5.80. The van der Waals surface area contributed by atoms with Gasteiger partial charge in [-0.25, -0.2) is 8.78 Å².